The summed E-state index contributed by atoms with van der Waals surface area (Å²) in [5, 5.41) is 3.78. The van der Waals surface area contributed by atoms with Crippen molar-refractivity contribution >= 4 is 23.1 Å². The van der Waals surface area contributed by atoms with Crippen LogP contribution in [0.5, 0.6) is 0 Å². The first kappa shape index (κ1) is 15.7. The van der Waals surface area contributed by atoms with Crippen molar-refractivity contribution in [3.05, 3.63) is 70.0 Å². The molecule has 0 atom stereocenters. The van der Waals surface area contributed by atoms with Gasteiger partial charge in [-0.1, -0.05) is 24.3 Å². The molecule has 0 spiro atoms. The monoisotopic (exact) mass is 332 g/mol. The molecule has 3 aromatic rings. The highest BCUT2D eigenvalue weighted by Crippen LogP contribution is 2.29. The SMILES string of the molecule is O=c1[nH]c2ccccc2nc1N/N=C\c1cccc(C(F)(F)F)c1. The Labute approximate surface area is 133 Å². The van der Waals surface area contributed by atoms with Crippen molar-refractivity contribution < 1.29 is 13.2 Å². The molecule has 0 bridgehead atoms. The van der Waals surface area contributed by atoms with Crippen LogP contribution in [0.4, 0.5) is 19.0 Å². The van der Waals surface area contributed by atoms with Crippen LogP contribution in [0.25, 0.3) is 11.0 Å². The average Bonchev–Trinajstić information content (AvgIpc) is 2.55. The van der Waals surface area contributed by atoms with Crippen LogP contribution in [-0.2, 0) is 6.18 Å². The molecule has 8 heteroatoms. The molecule has 122 valence electrons. The van der Waals surface area contributed by atoms with E-state index in [0.717, 1.165) is 12.1 Å². The number of alkyl halides is 3. The first-order valence-corrected chi connectivity index (χ1v) is 6.89. The second-order valence-corrected chi connectivity index (χ2v) is 4.92. The fourth-order valence-electron chi connectivity index (χ4n) is 2.07. The van der Waals surface area contributed by atoms with Gasteiger partial charge in [0.1, 0.15) is 0 Å². The lowest BCUT2D eigenvalue weighted by Crippen LogP contribution is -2.13. The molecule has 0 radical (unpaired) electrons. The van der Waals surface area contributed by atoms with E-state index in [2.05, 4.69) is 20.5 Å². The lowest BCUT2D eigenvalue weighted by molar-refractivity contribution is -0.137. The minimum Gasteiger partial charge on any atom is -0.317 e. The number of H-pyrrole nitrogens is 1. The van der Waals surface area contributed by atoms with Gasteiger partial charge in [0.2, 0.25) is 5.82 Å². The summed E-state index contributed by atoms with van der Waals surface area (Å²) in [6, 6.07) is 11.6. The van der Waals surface area contributed by atoms with E-state index >= 15 is 0 Å². The van der Waals surface area contributed by atoms with Crippen molar-refractivity contribution in [2.45, 2.75) is 6.18 Å². The second kappa shape index (κ2) is 6.15. The van der Waals surface area contributed by atoms with Crippen LogP contribution in [0.2, 0.25) is 0 Å². The van der Waals surface area contributed by atoms with Gasteiger partial charge < -0.3 is 4.98 Å². The molecule has 2 aromatic carbocycles. The zero-order chi connectivity index (χ0) is 17.2. The average molecular weight is 332 g/mol. The Morgan fingerprint density at radius 3 is 2.71 bits per heavy atom. The Morgan fingerprint density at radius 1 is 1.12 bits per heavy atom. The van der Waals surface area contributed by atoms with Crippen molar-refractivity contribution in [3.8, 4) is 0 Å². The number of hydrazone groups is 1. The van der Waals surface area contributed by atoms with Gasteiger partial charge in [0.15, 0.2) is 0 Å². The van der Waals surface area contributed by atoms with Crippen molar-refractivity contribution in [2.75, 3.05) is 5.43 Å². The molecule has 24 heavy (non-hydrogen) atoms. The Bertz CT molecular complexity index is 963. The van der Waals surface area contributed by atoms with Crippen molar-refractivity contribution in [2.24, 2.45) is 5.10 Å². The Kier molecular flexibility index (Phi) is 4.03. The molecule has 2 N–H and O–H groups in total. The number of para-hydroxylation sites is 2. The minimum absolute atomic E-state index is 0.0445. The second-order valence-electron chi connectivity index (χ2n) is 4.92. The predicted molar refractivity (Wildman–Crippen MR) is 85.0 cm³/mol. The number of halogens is 3. The van der Waals surface area contributed by atoms with Crippen molar-refractivity contribution in [3.63, 3.8) is 0 Å². The third kappa shape index (κ3) is 3.43. The number of hydrogen-bond acceptors (Lipinski definition) is 4. The van der Waals surface area contributed by atoms with Crippen molar-refractivity contribution in [1.82, 2.24) is 9.97 Å². The van der Waals surface area contributed by atoms with Crippen LogP contribution >= 0.6 is 0 Å². The molecule has 0 saturated heterocycles. The zero-order valence-corrected chi connectivity index (χ0v) is 12.1. The van der Waals surface area contributed by atoms with Crippen molar-refractivity contribution in [1.29, 1.82) is 0 Å². The molecule has 5 nitrogen and oxygen atoms in total. The maximum atomic E-state index is 12.6. The first-order chi connectivity index (χ1) is 11.4. The fraction of sp³-hybridized carbons (Fsp3) is 0.0625. The summed E-state index contributed by atoms with van der Waals surface area (Å²) >= 11 is 0. The van der Waals surface area contributed by atoms with E-state index in [1.807, 2.05) is 0 Å². The molecule has 1 heterocycles. The molecule has 0 unspecified atom stereocenters. The van der Waals surface area contributed by atoms with Gasteiger partial charge in [-0.25, -0.2) is 4.98 Å². The molecule has 0 aliphatic heterocycles. The maximum absolute atomic E-state index is 12.6. The summed E-state index contributed by atoms with van der Waals surface area (Å²) in [7, 11) is 0. The van der Waals surface area contributed by atoms with Gasteiger partial charge in [0.25, 0.3) is 5.56 Å². The number of benzene rings is 2. The van der Waals surface area contributed by atoms with Crippen LogP contribution in [0.15, 0.2) is 58.4 Å². The van der Waals surface area contributed by atoms with E-state index in [0.29, 0.717) is 11.0 Å². The Morgan fingerprint density at radius 2 is 1.92 bits per heavy atom. The Hall–Kier alpha value is -3.16. The number of fused-ring (bicyclic) bond motifs is 1. The van der Waals surface area contributed by atoms with E-state index in [1.54, 1.807) is 24.3 Å². The summed E-state index contributed by atoms with van der Waals surface area (Å²) in [5.41, 5.74) is 2.59. The number of aromatic amines is 1. The van der Waals surface area contributed by atoms with Crippen LogP contribution in [-0.4, -0.2) is 16.2 Å². The van der Waals surface area contributed by atoms with Gasteiger partial charge in [-0.3, -0.25) is 10.2 Å². The molecule has 0 aliphatic rings. The summed E-state index contributed by atoms with van der Waals surface area (Å²) in [6.07, 6.45) is -3.24. The summed E-state index contributed by atoms with van der Waals surface area (Å²) in [6.45, 7) is 0. The molecule has 3 rings (SSSR count). The Balaban J connectivity index is 1.82. The lowest BCUT2D eigenvalue weighted by atomic mass is 10.1. The maximum Gasteiger partial charge on any atom is 0.416 e. The molecule has 0 amide bonds. The van der Waals surface area contributed by atoms with E-state index in [1.165, 1.54) is 18.3 Å². The van der Waals surface area contributed by atoms with E-state index in [9.17, 15) is 18.0 Å². The summed E-state index contributed by atoms with van der Waals surface area (Å²) in [5.74, 6) is -0.0445. The number of nitrogens with one attached hydrogen (secondary N) is 2. The quantitative estimate of drug-likeness (QED) is 0.570. The number of anilines is 1. The van der Waals surface area contributed by atoms with Gasteiger partial charge in [0, 0.05) is 0 Å². The van der Waals surface area contributed by atoms with E-state index in [-0.39, 0.29) is 11.4 Å². The molecule has 1 aromatic heterocycles. The highest BCUT2D eigenvalue weighted by molar-refractivity contribution is 5.80. The lowest BCUT2D eigenvalue weighted by Gasteiger charge is -2.06. The largest absolute Gasteiger partial charge is 0.416 e. The number of rotatable bonds is 3. The van der Waals surface area contributed by atoms with Gasteiger partial charge in [0.05, 0.1) is 22.8 Å². The number of aromatic nitrogens is 2. The normalized spacial score (nSPS) is 12.0. The van der Waals surface area contributed by atoms with Crippen LogP contribution < -0.4 is 11.0 Å². The van der Waals surface area contributed by atoms with Gasteiger partial charge in [-0.05, 0) is 29.8 Å². The molecule has 0 saturated carbocycles. The molecule has 0 aliphatic carbocycles. The number of nitrogens with zero attached hydrogens (tertiary/aromatic N) is 2. The summed E-state index contributed by atoms with van der Waals surface area (Å²) < 4.78 is 37.9. The van der Waals surface area contributed by atoms with E-state index < -0.39 is 17.3 Å². The van der Waals surface area contributed by atoms with Gasteiger partial charge >= 0.3 is 6.18 Å². The highest BCUT2D eigenvalue weighted by atomic mass is 19.4. The fourth-order valence-corrected chi connectivity index (χ4v) is 2.07. The molecular formula is C16H11F3N4O. The first-order valence-electron chi connectivity index (χ1n) is 6.89. The van der Waals surface area contributed by atoms with Crippen LogP contribution in [0.3, 0.4) is 0 Å². The third-order valence-corrected chi connectivity index (χ3v) is 3.20. The van der Waals surface area contributed by atoms with Gasteiger partial charge in [-0.2, -0.15) is 18.3 Å². The third-order valence-electron chi connectivity index (χ3n) is 3.20. The minimum atomic E-state index is -4.42. The molecular weight excluding hydrogens is 321 g/mol. The van der Waals surface area contributed by atoms with E-state index in [4.69, 9.17) is 0 Å². The zero-order valence-electron chi connectivity index (χ0n) is 12.1. The van der Waals surface area contributed by atoms with Crippen LogP contribution in [0, 0.1) is 0 Å². The standard InChI is InChI=1S/C16H11F3N4O/c17-16(18,19)11-5-3-4-10(8-11)9-20-23-14-15(24)22-13-7-2-1-6-12(13)21-14/h1-9H,(H,21,23)(H,22,24)/b20-9-. The summed E-state index contributed by atoms with van der Waals surface area (Å²) in [4.78, 5) is 18.6. The molecule has 0 fully saturated rings. The van der Waals surface area contributed by atoms with Gasteiger partial charge in [-0.15, -0.1) is 0 Å². The predicted octanol–water partition coefficient (Wildman–Crippen LogP) is 3.39. The smallest absolute Gasteiger partial charge is 0.317 e. The number of hydrogen-bond donors (Lipinski definition) is 2. The van der Waals surface area contributed by atoms with Crippen LogP contribution in [0.1, 0.15) is 11.1 Å². The highest BCUT2D eigenvalue weighted by Gasteiger charge is 2.30. The topological polar surface area (TPSA) is 70.1 Å².